The lowest BCUT2D eigenvalue weighted by Crippen LogP contribution is -2.36. The van der Waals surface area contributed by atoms with Crippen LogP contribution in [0.2, 0.25) is 0 Å². The third-order valence-corrected chi connectivity index (χ3v) is 5.68. The Kier molecular flexibility index (Phi) is 5.70. The lowest BCUT2D eigenvalue weighted by Gasteiger charge is -2.35. The standard InChI is InChI=1S/C22H27FN2O3/c1-14-10-16(23)4-5-17(14)18-11-19(24-13-20(18)25(2)3)15-6-8-22(28,9-7-15)12-21(26)27/h4-5,10-11,13,15,28H,6-9,12H2,1-3H3,(H,26,27). The van der Waals surface area contributed by atoms with E-state index in [4.69, 9.17) is 5.11 Å². The molecule has 1 aromatic carbocycles. The summed E-state index contributed by atoms with van der Waals surface area (Å²) in [6.45, 7) is 1.89. The van der Waals surface area contributed by atoms with Gasteiger partial charge < -0.3 is 15.1 Å². The SMILES string of the molecule is Cc1cc(F)ccc1-c1cc(C2CCC(O)(CC(=O)O)CC2)ncc1N(C)C. The van der Waals surface area contributed by atoms with E-state index in [1.54, 1.807) is 6.07 Å². The van der Waals surface area contributed by atoms with Gasteiger partial charge in [-0.1, -0.05) is 6.07 Å². The number of rotatable bonds is 5. The Morgan fingerprint density at radius 1 is 1.25 bits per heavy atom. The molecule has 3 rings (SSSR count). The first kappa shape index (κ1) is 20.3. The third-order valence-electron chi connectivity index (χ3n) is 5.68. The van der Waals surface area contributed by atoms with Gasteiger partial charge in [-0.05, 0) is 61.9 Å². The number of anilines is 1. The number of aryl methyl sites for hydroxylation is 1. The molecule has 150 valence electrons. The molecule has 0 spiro atoms. The van der Waals surface area contributed by atoms with E-state index in [1.807, 2.05) is 32.1 Å². The zero-order chi connectivity index (χ0) is 20.5. The number of aromatic nitrogens is 1. The number of hydrogen-bond donors (Lipinski definition) is 2. The summed E-state index contributed by atoms with van der Waals surface area (Å²) in [6.07, 6.45) is 3.91. The zero-order valence-corrected chi connectivity index (χ0v) is 16.6. The highest BCUT2D eigenvalue weighted by atomic mass is 19.1. The highest BCUT2D eigenvalue weighted by molar-refractivity contribution is 5.80. The topological polar surface area (TPSA) is 73.7 Å². The van der Waals surface area contributed by atoms with Crippen molar-refractivity contribution in [1.29, 1.82) is 0 Å². The molecule has 1 aromatic heterocycles. The minimum Gasteiger partial charge on any atom is -0.481 e. The Hall–Kier alpha value is -2.47. The Bertz CT molecular complexity index is 874. The van der Waals surface area contributed by atoms with E-state index in [1.165, 1.54) is 12.1 Å². The average molecular weight is 386 g/mol. The fraction of sp³-hybridized carbons (Fsp3) is 0.455. The minimum atomic E-state index is -1.12. The molecular formula is C22H27FN2O3. The Labute approximate surface area is 164 Å². The van der Waals surface area contributed by atoms with E-state index in [-0.39, 0.29) is 18.2 Å². The monoisotopic (exact) mass is 386 g/mol. The van der Waals surface area contributed by atoms with Crippen LogP contribution in [0.3, 0.4) is 0 Å². The molecule has 2 N–H and O–H groups in total. The van der Waals surface area contributed by atoms with Crippen LogP contribution < -0.4 is 4.90 Å². The van der Waals surface area contributed by atoms with Crippen molar-refractivity contribution in [3.8, 4) is 11.1 Å². The van der Waals surface area contributed by atoms with E-state index < -0.39 is 11.6 Å². The molecule has 5 nitrogen and oxygen atoms in total. The lowest BCUT2D eigenvalue weighted by atomic mass is 9.75. The van der Waals surface area contributed by atoms with Crippen molar-refractivity contribution < 1.29 is 19.4 Å². The summed E-state index contributed by atoms with van der Waals surface area (Å²) < 4.78 is 13.6. The zero-order valence-electron chi connectivity index (χ0n) is 16.6. The summed E-state index contributed by atoms with van der Waals surface area (Å²) in [7, 11) is 3.90. The van der Waals surface area contributed by atoms with Crippen molar-refractivity contribution in [2.45, 2.75) is 50.5 Å². The van der Waals surface area contributed by atoms with Gasteiger partial charge in [-0.25, -0.2) is 4.39 Å². The molecule has 0 saturated heterocycles. The molecule has 1 heterocycles. The second kappa shape index (κ2) is 7.87. The summed E-state index contributed by atoms with van der Waals surface area (Å²) in [6, 6.07) is 6.85. The van der Waals surface area contributed by atoms with Crippen LogP contribution in [0.1, 0.15) is 49.3 Å². The maximum absolute atomic E-state index is 13.6. The summed E-state index contributed by atoms with van der Waals surface area (Å²) >= 11 is 0. The van der Waals surface area contributed by atoms with Crippen LogP contribution in [0.5, 0.6) is 0 Å². The van der Waals surface area contributed by atoms with Crippen molar-refractivity contribution in [2.24, 2.45) is 0 Å². The molecule has 0 aliphatic heterocycles. The summed E-state index contributed by atoms with van der Waals surface area (Å²) in [5.41, 5.74) is 3.59. The van der Waals surface area contributed by atoms with Crippen molar-refractivity contribution in [3.63, 3.8) is 0 Å². The number of aliphatic carboxylic acids is 1. The Balaban J connectivity index is 1.91. The van der Waals surface area contributed by atoms with E-state index >= 15 is 0 Å². The predicted molar refractivity (Wildman–Crippen MR) is 107 cm³/mol. The van der Waals surface area contributed by atoms with Crippen LogP contribution in [0.4, 0.5) is 10.1 Å². The summed E-state index contributed by atoms with van der Waals surface area (Å²) in [4.78, 5) is 17.6. The molecule has 1 fully saturated rings. The number of carbonyl (C=O) groups is 1. The smallest absolute Gasteiger partial charge is 0.306 e. The number of aliphatic hydroxyl groups is 1. The first-order valence-corrected chi connectivity index (χ1v) is 9.56. The first-order chi connectivity index (χ1) is 13.2. The summed E-state index contributed by atoms with van der Waals surface area (Å²) in [5.74, 6) is -1.06. The Morgan fingerprint density at radius 2 is 1.93 bits per heavy atom. The number of hydrogen-bond acceptors (Lipinski definition) is 4. The van der Waals surface area contributed by atoms with Gasteiger partial charge in [0.2, 0.25) is 0 Å². The van der Waals surface area contributed by atoms with Gasteiger partial charge in [0, 0.05) is 31.3 Å². The van der Waals surface area contributed by atoms with Crippen molar-refractivity contribution >= 4 is 11.7 Å². The van der Waals surface area contributed by atoms with Crippen LogP contribution >= 0.6 is 0 Å². The fourth-order valence-corrected chi connectivity index (χ4v) is 4.10. The lowest BCUT2D eigenvalue weighted by molar-refractivity contribution is -0.144. The summed E-state index contributed by atoms with van der Waals surface area (Å²) in [5, 5.41) is 19.5. The van der Waals surface area contributed by atoms with Crippen LogP contribution in [-0.4, -0.2) is 40.9 Å². The van der Waals surface area contributed by atoms with Crippen LogP contribution in [0.25, 0.3) is 11.1 Å². The van der Waals surface area contributed by atoms with Crippen molar-refractivity contribution in [3.05, 3.63) is 47.5 Å². The number of halogens is 1. The van der Waals surface area contributed by atoms with Crippen molar-refractivity contribution in [2.75, 3.05) is 19.0 Å². The van der Waals surface area contributed by atoms with Crippen LogP contribution in [0, 0.1) is 12.7 Å². The van der Waals surface area contributed by atoms with Gasteiger partial charge in [0.25, 0.3) is 0 Å². The number of carboxylic acid groups (broad SMARTS) is 1. The molecule has 6 heteroatoms. The second-order valence-electron chi connectivity index (χ2n) is 8.05. The number of pyridine rings is 1. The maximum Gasteiger partial charge on any atom is 0.306 e. The van der Waals surface area contributed by atoms with E-state index in [0.29, 0.717) is 25.7 Å². The number of benzene rings is 1. The molecule has 0 amide bonds. The highest BCUT2D eigenvalue weighted by Gasteiger charge is 2.36. The van der Waals surface area contributed by atoms with Crippen molar-refractivity contribution in [1.82, 2.24) is 4.98 Å². The predicted octanol–water partition coefficient (Wildman–Crippen LogP) is 4.13. The van der Waals surface area contributed by atoms with Gasteiger partial charge >= 0.3 is 5.97 Å². The molecule has 0 unspecified atom stereocenters. The maximum atomic E-state index is 13.6. The Morgan fingerprint density at radius 3 is 2.50 bits per heavy atom. The molecule has 1 saturated carbocycles. The number of nitrogens with zero attached hydrogens (tertiary/aromatic N) is 2. The van der Waals surface area contributed by atoms with Gasteiger partial charge in [-0.2, -0.15) is 0 Å². The molecule has 0 radical (unpaired) electrons. The minimum absolute atomic E-state index is 0.171. The van der Waals surface area contributed by atoms with E-state index in [0.717, 1.165) is 28.1 Å². The van der Waals surface area contributed by atoms with Crippen LogP contribution in [-0.2, 0) is 4.79 Å². The van der Waals surface area contributed by atoms with Gasteiger partial charge in [0.1, 0.15) is 5.82 Å². The average Bonchev–Trinajstić information content (AvgIpc) is 2.61. The van der Waals surface area contributed by atoms with E-state index in [9.17, 15) is 14.3 Å². The normalized spacial score (nSPS) is 22.1. The van der Waals surface area contributed by atoms with Crippen LogP contribution in [0.15, 0.2) is 30.5 Å². The molecule has 0 bridgehead atoms. The molecule has 28 heavy (non-hydrogen) atoms. The highest BCUT2D eigenvalue weighted by Crippen LogP contribution is 2.41. The third kappa shape index (κ3) is 4.33. The molecule has 1 aliphatic rings. The van der Waals surface area contributed by atoms with Gasteiger partial charge in [-0.15, -0.1) is 0 Å². The van der Waals surface area contributed by atoms with Gasteiger partial charge in [0.05, 0.1) is 23.9 Å². The largest absolute Gasteiger partial charge is 0.481 e. The second-order valence-corrected chi connectivity index (χ2v) is 8.05. The fourth-order valence-electron chi connectivity index (χ4n) is 4.10. The molecular weight excluding hydrogens is 359 g/mol. The molecule has 1 aliphatic carbocycles. The van der Waals surface area contributed by atoms with E-state index in [2.05, 4.69) is 11.1 Å². The van der Waals surface area contributed by atoms with Gasteiger partial charge in [-0.3, -0.25) is 9.78 Å². The van der Waals surface area contributed by atoms with Gasteiger partial charge in [0.15, 0.2) is 0 Å². The quantitative estimate of drug-likeness (QED) is 0.808. The number of carboxylic acids is 1. The molecule has 2 aromatic rings. The first-order valence-electron chi connectivity index (χ1n) is 9.56. The molecule has 0 atom stereocenters.